The lowest BCUT2D eigenvalue weighted by Crippen LogP contribution is -2.33. The van der Waals surface area contributed by atoms with Gasteiger partial charge in [-0.1, -0.05) is 37.6 Å². The van der Waals surface area contributed by atoms with E-state index in [9.17, 15) is 10.2 Å². The van der Waals surface area contributed by atoms with E-state index >= 15 is 0 Å². The van der Waals surface area contributed by atoms with Gasteiger partial charge in [0.05, 0.1) is 17.3 Å². The second-order valence-electron chi connectivity index (χ2n) is 8.37. The average Bonchev–Trinajstić information content (AvgIpc) is 3.09. The van der Waals surface area contributed by atoms with E-state index in [0.29, 0.717) is 18.3 Å². The van der Waals surface area contributed by atoms with Crippen molar-refractivity contribution in [2.24, 2.45) is 11.8 Å². The molecule has 1 aliphatic heterocycles. The molecule has 1 saturated heterocycles. The molecule has 1 fully saturated rings. The molecule has 3 heteroatoms. The molecule has 0 unspecified atom stereocenters. The van der Waals surface area contributed by atoms with Gasteiger partial charge in [-0.25, -0.2) is 0 Å². The minimum Gasteiger partial charge on any atom is -0.390 e. The van der Waals surface area contributed by atoms with Crippen molar-refractivity contribution < 1.29 is 14.9 Å². The van der Waals surface area contributed by atoms with Gasteiger partial charge in [0.15, 0.2) is 0 Å². The second-order valence-corrected chi connectivity index (χ2v) is 8.37. The molecule has 2 rings (SSSR count). The SMILES string of the molecule is C/C1=C\CC[C@@]2(C)O[C@@H]2[C@H](O)C[C@](C)(O)/C=C/[C@H](C(C)C)CC1. The number of rotatable bonds is 1. The van der Waals surface area contributed by atoms with Crippen molar-refractivity contribution in [3.05, 3.63) is 23.8 Å². The first-order chi connectivity index (χ1) is 10.6. The molecule has 0 aromatic heterocycles. The van der Waals surface area contributed by atoms with E-state index in [1.54, 1.807) is 6.92 Å². The maximum Gasteiger partial charge on any atom is 0.113 e. The lowest BCUT2D eigenvalue weighted by molar-refractivity contribution is 0.0275. The largest absolute Gasteiger partial charge is 0.390 e. The Bertz CT molecular complexity index is 464. The summed E-state index contributed by atoms with van der Waals surface area (Å²) in [5.74, 6) is 0.995. The molecular weight excluding hydrogens is 288 g/mol. The summed E-state index contributed by atoms with van der Waals surface area (Å²) in [6, 6.07) is 0. The number of hydrogen-bond acceptors (Lipinski definition) is 3. The zero-order chi connectivity index (χ0) is 17.3. The topological polar surface area (TPSA) is 53.0 Å². The van der Waals surface area contributed by atoms with Crippen molar-refractivity contribution in [2.75, 3.05) is 0 Å². The molecule has 5 atom stereocenters. The third-order valence-electron chi connectivity index (χ3n) is 5.48. The molecule has 1 aliphatic carbocycles. The Balaban J connectivity index is 2.16. The molecule has 2 N–H and O–H groups in total. The Hall–Kier alpha value is -0.640. The van der Waals surface area contributed by atoms with Crippen LogP contribution in [-0.4, -0.2) is 33.6 Å². The van der Waals surface area contributed by atoms with Crippen LogP contribution in [0.3, 0.4) is 0 Å². The van der Waals surface area contributed by atoms with Gasteiger partial charge in [0, 0.05) is 6.42 Å². The van der Waals surface area contributed by atoms with Crippen molar-refractivity contribution in [3.8, 4) is 0 Å². The summed E-state index contributed by atoms with van der Waals surface area (Å²) < 4.78 is 5.77. The van der Waals surface area contributed by atoms with Gasteiger partial charge in [-0.15, -0.1) is 0 Å². The highest BCUT2D eigenvalue weighted by Gasteiger charge is 2.55. The van der Waals surface area contributed by atoms with E-state index in [-0.39, 0.29) is 11.7 Å². The van der Waals surface area contributed by atoms with E-state index < -0.39 is 11.7 Å². The fourth-order valence-electron chi connectivity index (χ4n) is 3.63. The fourth-order valence-corrected chi connectivity index (χ4v) is 3.63. The first kappa shape index (κ1) is 18.7. The molecule has 1 heterocycles. The van der Waals surface area contributed by atoms with Crippen molar-refractivity contribution in [1.29, 1.82) is 0 Å². The Kier molecular flexibility index (Phi) is 5.76. The van der Waals surface area contributed by atoms with Crippen LogP contribution >= 0.6 is 0 Å². The zero-order valence-corrected chi connectivity index (χ0v) is 15.4. The van der Waals surface area contributed by atoms with Crippen LogP contribution in [0.2, 0.25) is 0 Å². The zero-order valence-electron chi connectivity index (χ0n) is 15.4. The second kappa shape index (κ2) is 7.08. The summed E-state index contributed by atoms with van der Waals surface area (Å²) in [7, 11) is 0. The lowest BCUT2D eigenvalue weighted by Gasteiger charge is -2.25. The Morgan fingerprint density at radius 1 is 1.30 bits per heavy atom. The minimum atomic E-state index is -0.992. The Morgan fingerprint density at radius 2 is 2.00 bits per heavy atom. The number of allylic oxidation sites excluding steroid dienone is 3. The summed E-state index contributed by atoms with van der Waals surface area (Å²) in [6.45, 7) is 10.5. The third-order valence-corrected chi connectivity index (χ3v) is 5.48. The minimum absolute atomic E-state index is 0.153. The molecule has 0 radical (unpaired) electrons. The molecule has 23 heavy (non-hydrogen) atoms. The van der Waals surface area contributed by atoms with Crippen LogP contribution in [0.5, 0.6) is 0 Å². The van der Waals surface area contributed by atoms with Crippen molar-refractivity contribution in [1.82, 2.24) is 0 Å². The van der Waals surface area contributed by atoms with Crippen LogP contribution in [0, 0.1) is 11.8 Å². The van der Waals surface area contributed by atoms with Crippen LogP contribution in [0.25, 0.3) is 0 Å². The summed E-state index contributed by atoms with van der Waals surface area (Å²) in [5.41, 5.74) is 0.198. The molecular formula is C20H34O3. The predicted molar refractivity (Wildman–Crippen MR) is 94.2 cm³/mol. The van der Waals surface area contributed by atoms with Crippen molar-refractivity contribution >= 4 is 0 Å². The van der Waals surface area contributed by atoms with Gasteiger partial charge < -0.3 is 14.9 Å². The smallest absolute Gasteiger partial charge is 0.113 e. The van der Waals surface area contributed by atoms with Gasteiger partial charge in [0.25, 0.3) is 0 Å². The van der Waals surface area contributed by atoms with Crippen LogP contribution in [0.4, 0.5) is 0 Å². The number of fused-ring (bicyclic) bond motifs is 1. The van der Waals surface area contributed by atoms with Crippen LogP contribution in [-0.2, 0) is 4.74 Å². The number of aliphatic hydroxyl groups excluding tert-OH is 1. The molecule has 0 saturated carbocycles. The molecule has 2 aliphatic rings. The monoisotopic (exact) mass is 322 g/mol. The molecule has 3 nitrogen and oxygen atoms in total. The van der Waals surface area contributed by atoms with Crippen LogP contribution in [0.15, 0.2) is 23.8 Å². The Labute approximate surface area is 141 Å². The summed E-state index contributed by atoms with van der Waals surface area (Å²) in [4.78, 5) is 0. The van der Waals surface area contributed by atoms with E-state index in [2.05, 4.69) is 39.8 Å². The van der Waals surface area contributed by atoms with Crippen LogP contribution < -0.4 is 0 Å². The summed E-state index contributed by atoms with van der Waals surface area (Å²) in [5, 5.41) is 21.0. The van der Waals surface area contributed by atoms with Gasteiger partial charge in [0.1, 0.15) is 6.10 Å². The predicted octanol–water partition coefficient (Wildman–Crippen LogP) is 3.99. The summed E-state index contributed by atoms with van der Waals surface area (Å²) in [6.07, 6.45) is 10.0. The van der Waals surface area contributed by atoms with E-state index in [0.717, 1.165) is 25.7 Å². The first-order valence-corrected chi connectivity index (χ1v) is 9.06. The van der Waals surface area contributed by atoms with Crippen LogP contribution in [0.1, 0.15) is 66.7 Å². The van der Waals surface area contributed by atoms with Gasteiger partial charge in [0.2, 0.25) is 0 Å². The molecule has 0 bridgehead atoms. The average molecular weight is 322 g/mol. The molecule has 132 valence electrons. The fraction of sp³-hybridized carbons (Fsp3) is 0.800. The van der Waals surface area contributed by atoms with E-state index in [1.807, 2.05) is 6.08 Å². The highest BCUT2D eigenvalue weighted by molar-refractivity contribution is 5.10. The quantitative estimate of drug-likeness (QED) is 0.567. The molecule has 0 amide bonds. The molecule has 0 aromatic rings. The lowest BCUT2D eigenvalue weighted by atomic mass is 9.85. The highest BCUT2D eigenvalue weighted by Crippen LogP contribution is 2.44. The van der Waals surface area contributed by atoms with Gasteiger partial charge in [-0.3, -0.25) is 0 Å². The third kappa shape index (κ3) is 5.17. The molecule has 0 aromatic carbocycles. The van der Waals surface area contributed by atoms with E-state index in [4.69, 9.17) is 4.74 Å². The standard InChI is InChI=1S/C20H34O3/c1-14(2)16-9-8-15(3)7-6-11-20(5)18(23-20)17(21)13-19(4,22)12-10-16/h7,10,12,14,16-18,21-22H,6,8-9,11,13H2,1-5H3/b12-10+,15-7+/t16-,17-,18-,19-,20-/m1/s1. The Morgan fingerprint density at radius 3 is 2.65 bits per heavy atom. The number of aliphatic hydroxyl groups is 2. The highest BCUT2D eigenvalue weighted by atomic mass is 16.6. The van der Waals surface area contributed by atoms with Gasteiger partial charge in [-0.05, 0) is 58.3 Å². The van der Waals surface area contributed by atoms with Gasteiger partial charge >= 0.3 is 0 Å². The van der Waals surface area contributed by atoms with Crippen molar-refractivity contribution in [2.45, 2.75) is 90.1 Å². The van der Waals surface area contributed by atoms with Crippen molar-refractivity contribution in [3.63, 3.8) is 0 Å². The maximum absolute atomic E-state index is 10.6. The van der Waals surface area contributed by atoms with E-state index in [1.165, 1.54) is 5.57 Å². The number of ether oxygens (including phenoxy) is 1. The summed E-state index contributed by atoms with van der Waals surface area (Å²) >= 11 is 0. The first-order valence-electron chi connectivity index (χ1n) is 9.06. The van der Waals surface area contributed by atoms with Gasteiger partial charge in [-0.2, -0.15) is 0 Å². The number of hydrogen-bond donors (Lipinski definition) is 2. The number of epoxide rings is 1. The maximum atomic E-state index is 10.6. The molecule has 0 spiro atoms. The normalized spacial score (nSPS) is 46.4.